The zero-order chi connectivity index (χ0) is 18.6. The third-order valence-electron chi connectivity index (χ3n) is 4.04. The number of anilines is 1. The maximum Gasteiger partial charge on any atom is 0.308 e. The lowest BCUT2D eigenvalue weighted by molar-refractivity contribution is -0.153. The molecule has 5 N–H and O–H groups in total. The number of nitrogen functional groups attached to an aromatic ring is 1. The first kappa shape index (κ1) is 18.9. The minimum absolute atomic E-state index is 0.0271. The Hall–Kier alpha value is -2.46. The van der Waals surface area contributed by atoms with Crippen molar-refractivity contribution < 1.29 is 19.7 Å². The van der Waals surface area contributed by atoms with Crippen molar-refractivity contribution in [3.63, 3.8) is 0 Å². The predicted octanol–water partition coefficient (Wildman–Crippen LogP) is -0.738. The topological polar surface area (TPSA) is 156 Å². The molecular weight excluding hydrogens is 330 g/mol. The molecule has 0 saturated carbocycles. The summed E-state index contributed by atoms with van der Waals surface area (Å²) in [5.41, 5.74) is 4.57. The fourth-order valence-corrected chi connectivity index (χ4v) is 2.25. The van der Waals surface area contributed by atoms with E-state index < -0.39 is 16.9 Å². The molecule has 0 unspecified atom stereocenters. The van der Waals surface area contributed by atoms with Crippen LogP contribution < -0.4 is 11.3 Å². The quantitative estimate of drug-likeness (QED) is 0.452. The Labute approximate surface area is 143 Å². The van der Waals surface area contributed by atoms with Crippen LogP contribution in [0.5, 0.6) is 0 Å². The van der Waals surface area contributed by atoms with Gasteiger partial charge in [0.05, 0.1) is 30.9 Å². The molecule has 138 valence electrons. The number of aromatic amines is 1. The Kier molecular flexibility index (Phi) is 5.75. The molecule has 0 amide bonds. The Morgan fingerprint density at radius 3 is 2.72 bits per heavy atom. The van der Waals surface area contributed by atoms with Crippen LogP contribution in [0.15, 0.2) is 11.1 Å². The van der Waals surface area contributed by atoms with E-state index in [0.29, 0.717) is 12.2 Å². The van der Waals surface area contributed by atoms with Crippen molar-refractivity contribution in [2.45, 2.75) is 26.8 Å². The van der Waals surface area contributed by atoms with Crippen molar-refractivity contribution >= 4 is 23.1 Å². The van der Waals surface area contributed by atoms with E-state index in [1.54, 1.807) is 18.4 Å². The van der Waals surface area contributed by atoms with Gasteiger partial charge >= 0.3 is 5.97 Å². The van der Waals surface area contributed by atoms with Crippen LogP contribution in [0.1, 0.15) is 20.3 Å². The molecule has 0 aliphatic carbocycles. The van der Waals surface area contributed by atoms with Gasteiger partial charge < -0.3 is 25.3 Å². The number of aryl methyl sites for hydroxylation is 1. The number of carbonyl (C=O) groups excluding carboxylic acids is 1. The van der Waals surface area contributed by atoms with Crippen molar-refractivity contribution in [1.29, 1.82) is 0 Å². The van der Waals surface area contributed by atoms with Crippen LogP contribution in [0.3, 0.4) is 0 Å². The second-order valence-electron chi connectivity index (χ2n) is 6.39. The molecule has 0 fully saturated rings. The van der Waals surface area contributed by atoms with Crippen molar-refractivity contribution in [3.05, 3.63) is 16.7 Å². The molecule has 2 rings (SSSR count). The van der Waals surface area contributed by atoms with Gasteiger partial charge in [0.15, 0.2) is 11.2 Å². The fourth-order valence-electron chi connectivity index (χ4n) is 2.25. The van der Waals surface area contributed by atoms with Gasteiger partial charge in [0, 0.05) is 6.54 Å². The summed E-state index contributed by atoms with van der Waals surface area (Å²) >= 11 is 0. The average Bonchev–Trinajstić information content (AvgIpc) is 2.98. The van der Waals surface area contributed by atoms with Crippen LogP contribution in [-0.4, -0.2) is 55.5 Å². The SMILES string of the molecule is CC(C)C(=O)OCC(CO)(CO)CCn1cnc2c(=O)[nH]c(N)nc21. The van der Waals surface area contributed by atoms with Crippen LogP contribution in [0.4, 0.5) is 5.95 Å². The maximum absolute atomic E-state index is 11.8. The summed E-state index contributed by atoms with van der Waals surface area (Å²) in [5, 5.41) is 19.4. The number of hydrogen-bond donors (Lipinski definition) is 4. The van der Waals surface area contributed by atoms with Crippen molar-refractivity contribution in [2.75, 3.05) is 25.6 Å². The highest BCUT2D eigenvalue weighted by Gasteiger charge is 2.31. The number of aliphatic hydroxyl groups is 2. The van der Waals surface area contributed by atoms with Gasteiger partial charge in [-0.3, -0.25) is 14.6 Å². The lowest BCUT2D eigenvalue weighted by atomic mass is 9.87. The highest BCUT2D eigenvalue weighted by atomic mass is 16.5. The molecule has 25 heavy (non-hydrogen) atoms. The zero-order valence-corrected chi connectivity index (χ0v) is 14.2. The molecule has 2 aromatic heterocycles. The summed E-state index contributed by atoms with van der Waals surface area (Å²) in [5.74, 6) is -0.729. The number of carbonyl (C=O) groups is 1. The van der Waals surface area contributed by atoms with Crippen LogP contribution in [0, 0.1) is 11.3 Å². The summed E-state index contributed by atoms with van der Waals surface area (Å²) in [6, 6.07) is 0. The van der Waals surface area contributed by atoms with E-state index in [1.165, 1.54) is 6.33 Å². The van der Waals surface area contributed by atoms with E-state index >= 15 is 0 Å². The van der Waals surface area contributed by atoms with E-state index in [9.17, 15) is 19.8 Å². The molecule has 0 aliphatic rings. The molecule has 0 bridgehead atoms. The number of nitrogens with one attached hydrogen (secondary N) is 1. The monoisotopic (exact) mass is 353 g/mol. The van der Waals surface area contributed by atoms with Gasteiger partial charge in [-0.15, -0.1) is 0 Å². The fraction of sp³-hybridized carbons (Fsp3) is 0.600. The molecule has 0 radical (unpaired) electrons. The number of nitrogens with zero attached hydrogens (tertiary/aromatic N) is 3. The average molecular weight is 353 g/mol. The van der Waals surface area contributed by atoms with E-state index in [-0.39, 0.29) is 43.6 Å². The van der Waals surface area contributed by atoms with Crippen molar-refractivity contribution in [3.8, 4) is 0 Å². The number of hydrogen-bond acceptors (Lipinski definition) is 8. The van der Waals surface area contributed by atoms with Crippen LogP contribution in [0.2, 0.25) is 0 Å². The van der Waals surface area contributed by atoms with Gasteiger partial charge in [0.2, 0.25) is 5.95 Å². The van der Waals surface area contributed by atoms with Crippen LogP contribution in [-0.2, 0) is 16.1 Å². The van der Waals surface area contributed by atoms with Gasteiger partial charge in [-0.2, -0.15) is 4.98 Å². The summed E-state index contributed by atoms with van der Waals surface area (Å²) < 4.78 is 6.77. The van der Waals surface area contributed by atoms with Crippen molar-refractivity contribution in [1.82, 2.24) is 19.5 Å². The Balaban J connectivity index is 2.16. The molecule has 0 spiro atoms. The number of aromatic nitrogens is 4. The third kappa shape index (κ3) is 4.15. The number of fused-ring (bicyclic) bond motifs is 1. The number of aliphatic hydroxyl groups excluding tert-OH is 2. The van der Waals surface area contributed by atoms with Gasteiger partial charge in [-0.1, -0.05) is 13.8 Å². The molecule has 10 nitrogen and oxygen atoms in total. The molecule has 0 saturated heterocycles. The van der Waals surface area contributed by atoms with E-state index in [0.717, 1.165) is 0 Å². The summed E-state index contributed by atoms with van der Waals surface area (Å²) in [6.45, 7) is 2.86. The smallest absolute Gasteiger partial charge is 0.308 e. The molecule has 0 aromatic carbocycles. The van der Waals surface area contributed by atoms with E-state index in [1.807, 2.05) is 0 Å². The summed E-state index contributed by atoms with van der Waals surface area (Å²) in [4.78, 5) is 33.8. The van der Waals surface area contributed by atoms with E-state index in [4.69, 9.17) is 10.5 Å². The lowest BCUT2D eigenvalue weighted by Crippen LogP contribution is -2.37. The Morgan fingerprint density at radius 1 is 1.44 bits per heavy atom. The number of imidazole rings is 1. The molecule has 10 heteroatoms. The zero-order valence-electron chi connectivity index (χ0n) is 14.2. The van der Waals surface area contributed by atoms with Gasteiger partial charge in [0.1, 0.15) is 6.61 Å². The first-order chi connectivity index (χ1) is 11.8. The van der Waals surface area contributed by atoms with Gasteiger partial charge in [0.25, 0.3) is 5.56 Å². The number of H-pyrrole nitrogens is 1. The Bertz CT molecular complexity index is 793. The van der Waals surface area contributed by atoms with Crippen molar-refractivity contribution in [2.24, 2.45) is 11.3 Å². The van der Waals surface area contributed by atoms with Crippen LogP contribution in [0.25, 0.3) is 11.2 Å². The Morgan fingerprint density at radius 2 is 2.12 bits per heavy atom. The highest BCUT2D eigenvalue weighted by Crippen LogP contribution is 2.24. The normalized spacial score (nSPS) is 12.0. The first-order valence-corrected chi connectivity index (χ1v) is 7.91. The molecular formula is C15H23N5O5. The standard InChI is InChI=1S/C15H23N5O5/c1-9(2)13(24)25-7-15(5-21,6-22)3-4-20-8-17-10-11(20)18-14(16)19-12(10)23/h8-9,21-22H,3-7H2,1-2H3,(H3,16,18,19,23). The number of nitrogens with two attached hydrogens (primary N) is 1. The summed E-state index contributed by atoms with van der Waals surface area (Å²) in [6.07, 6.45) is 1.72. The molecule has 0 aliphatic heterocycles. The van der Waals surface area contributed by atoms with Gasteiger partial charge in [-0.05, 0) is 6.42 Å². The number of esters is 1. The second kappa shape index (κ2) is 7.62. The molecule has 2 aromatic rings. The lowest BCUT2D eigenvalue weighted by Gasteiger charge is -2.29. The number of rotatable bonds is 8. The van der Waals surface area contributed by atoms with E-state index in [2.05, 4.69) is 15.0 Å². The summed E-state index contributed by atoms with van der Waals surface area (Å²) in [7, 11) is 0. The van der Waals surface area contributed by atoms with Gasteiger partial charge in [-0.25, -0.2) is 4.98 Å². The first-order valence-electron chi connectivity index (χ1n) is 7.91. The second-order valence-corrected chi connectivity index (χ2v) is 6.39. The molecule has 2 heterocycles. The number of ether oxygens (including phenoxy) is 1. The third-order valence-corrected chi connectivity index (χ3v) is 4.04. The highest BCUT2D eigenvalue weighted by molar-refractivity contribution is 5.71. The minimum atomic E-state index is -1.01. The largest absolute Gasteiger partial charge is 0.465 e. The predicted molar refractivity (Wildman–Crippen MR) is 89.6 cm³/mol. The minimum Gasteiger partial charge on any atom is -0.465 e. The van der Waals surface area contributed by atoms with Crippen LogP contribution >= 0.6 is 0 Å². The maximum atomic E-state index is 11.8. The molecule has 0 atom stereocenters.